The quantitative estimate of drug-likeness (QED) is 0.724. The van der Waals surface area contributed by atoms with Crippen molar-refractivity contribution in [1.82, 2.24) is 0 Å². The highest BCUT2D eigenvalue weighted by Crippen LogP contribution is 2.41. The Labute approximate surface area is 173 Å². The van der Waals surface area contributed by atoms with Crippen LogP contribution in [-0.2, 0) is 21.1 Å². The molecule has 2 saturated heterocycles. The number of aryl methyl sites for hydroxylation is 1. The molecule has 0 aliphatic carbocycles. The van der Waals surface area contributed by atoms with Crippen LogP contribution in [0.4, 0.5) is 10.1 Å². The fraction of sp³-hybridized carbons (Fsp3) is 0.333. The highest BCUT2D eigenvalue weighted by atomic mass is 32.2. The predicted octanol–water partition coefficient (Wildman–Crippen LogP) is 3.45. The second-order valence-corrected chi connectivity index (χ2v) is 10.6. The van der Waals surface area contributed by atoms with Gasteiger partial charge in [0.1, 0.15) is 5.82 Å². The van der Waals surface area contributed by atoms with Gasteiger partial charge in [-0.2, -0.15) is 4.99 Å². The summed E-state index contributed by atoms with van der Waals surface area (Å²) in [6.45, 7) is 0. The van der Waals surface area contributed by atoms with Crippen LogP contribution in [0, 0.1) is 5.82 Å². The minimum absolute atomic E-state index is 0.0171. The van der Waals surface area contributed by atoms with Gasteiger partial charge in [0.15, 0.2) is 15.0 Å². The number of carbonyl (C=O) groups excluding carboxylic acids is 1. The van der Waals surface area contributed by atoms with Crippen molar-refractivity contribution in [2.45, 2.75) is 30.6 Å². The lowest BCUT2D eigenvalue weighted by Crippen LogP contribution is -2.37. The van der Waals surface area contributed by atoms with Crippen molar-refractivity contribution in [3.05, 3.63) is 66.0 Å². The number of hydrogen-bond donors (Lipinski definition) is 0. The number of sulfone groups is 1. The third-order valence-electron chi connectivity index (χ3n) is 5.09. The molecular weight excluding hydrogens is 411 g/mol. The van der Waals surface area contributed by atoms with Gasteiger partial charge in [-0.15, -0.1) is 0 Å². The minimum Gasteiger partial charge on any atom is -0.316 e. The molecule has 2 aromatic carbocycles. The number of nitrogens with zero attached hydrogens (tertiary/aromatic N) is 2. The number of anilines is 1. The number of amides is 1. The van der Waals surface area contributed by atoms with Gasteiger partial charge in [-0.1, -0.05) is 42.1 Å². The summed E-state index contributed by atoms with van der Waals surface area (Å²) in [7, 11) is -3.13. The maximum Gasteiger partial charge on any atom is 0.248 e. The second kappa shape index (κ2) is 8.28. The van der Waals surface area contributed by atoms with Crippen molar-refractivity contribution in [2.75, 3.05) is 16.4 Å². The molecular formula is C21H21FN2O3S2. The summed E-state index contributed by atoms with van der Waals surface area (Å²) in [6.07, 6.45) is 1.82. The summed E-state index contributed by atoms with van der Waals surface area (Å²) in [6, 6.07) is 15.5. The molecule has 0 aromatic heterocycles. The molecule has 2 aliphatic rings. The summed E-state index contributed by atoms with van der Waals surface area (Å²) in [5, 5.41) is 0.340. The number of rotatable bonds is 5. The van der Waals surface area contributed by atoms with E-state index in [-0.39, 0.29) is 34.5 Å². The molecule has 2 heterocycles. The molecule has 2 aromatic rings. The van der Waals surface area contributed by atoms with Gasteiger partial charge in [-0.05, 0) is 42.7 Å². The van der Waals surface area contributed by atoms with Crippen LogP contribution in [-0.4, -0.2) is 42.3 Å². The highest BCUT2D eigenvalue weighted by molar-refractivity contribution is 8.16. The lowest BCUT2D eigenvalue weighted by Gasteiger charge is -2.24. The number of benzene rings is 2. The molecule has 0 saturated carbocycles. The lowest BCUT2D eigenvalue weighted by molar-refractivity contribution is -0.117. The molecule has 5 nitrogen and oxygen atoms in total. The zero-order chi connectivity index (χ0) is 20.4. The van der Waals surface area contributed by atoms with Crippen molar-refractivity contribution >= 4 is 38.4 Å². The number of hydrogen-bond acceptors (Lipinski definition) is 4. The number of amidine groups is 1. The summed E-state index contributed by atoms with van der Waals surface area (Å²) in [5.74, 6) is -0.505. The van der Waals surface area contributed by atoms with E-state index in [4.69, 9.17) is 0 Å². The van der Waals surface area contributed by atoms with Crippen molar-refractivity contribution in [3.8, 4) is 0 Å². The van der Waals surface area contributed by atoms with Crippen LogP contribution in [0.25, 0.3) is 0 Å². The molecule has 2 fully saturated rings. The van der Waals surface area contributed by atoms with Crippen LogP contribution in [0.1, 0.15) is 18.4 Å². The van der Waals surface area contributed by atoms with Gasteiger partial charge in [-0.25, -0.2) is 12.8 Å². The number of fused-ring (bicyclic) bond motifs is 1. The van der Waals surface area contributed by atoms with Crippen molar-refractivity contribution in [3.63, 3.8) is 0 Å². The maximum absolute atomic E-state index is 13.3. The Morgan fingerprint density at radius 1 is 1.10 bits per heavy atom. The van der Waals surface area contributed by atoms with Gasteiger partial charge >= 0.3 is 0 Å². The van der Waals surface area contributed by atoms with Crippen molar-refractivity contribution in [2.24, 2.45) is 4.99 Å². The summed E-state index contributed by atoms with van der Waals surface area (Å²) in [4.78, 5) is 18.5. The van der Waals surface area contributed by atoms with E-state index in [0.29, 0.717) is 23.7 Å². The van der Waals surface area contributed by atoms with Crippen molar-refractivity contribution < 1.29 is 17.6 Å². The fourth-order valence-corrected chi connectivity index (χ4v) is 7.65. The van der Waals surface area contributed by atoms with E-state index in [0.717, 1.165) is 6.42 Å². The zero-order valence-electron chi connectivity index (χ0n) is 15.7. The number of aliphatic imine (C=N–C) groups is 1. The first-order valence-corrected chi connectivity index (χ1v) is 12.2. The van der Waals surface area contributed by atoms with Gasteiger partial charge in [0.25, 0.3) is 0 Å². The summed E-state index contributed by atoms with van der Waals surface area (Å²) >= 11 is 1.33. The van der Waals surface area contributed by atoms with Gasteiger partial charge in [-0.3, -0.25) is 4.79 Å². The average Bonchev–Trinajstić information content (AvgIpc) is 3.14. The Kier molecular flexibility index (Phi) is 5.74. The van der Waals surface area contributed by atoms with Gasteiger partial charge < -0.3 is 4.90 Å². The Hall–Kier alpha value is -2.19. The van der Waals surface area contributed by atoms with Crippen LogP contribution >= 0.6 is 11.8 Å². The third kappa shape index (κ3) is 4.70. The first kappa shape index (κ1) is 20.1. The monoisotopic (exact) mass is 432 g/mol. The second-order valence-electron chi connectivity index (χ2n) is 7.27. The van der Waals surface area contributed by atoms with E-state index < -0.39 is 9.84 Å². The number of halogens is 1. The van der Waals surface area contributed by atoms with Crippen LogP contribution in [0.5, 0.6) is 0 Å². The number of carbonyl (C=O) groups is 1. The molecule has 4 rings (SSSR count). The van der Waals surface area contributed by atoms with E-state index >= 15 is 0 Å². The summed E-state index contributed by atoms with van der Waals surface area (Å²) in [5.41, 5.74) is 1.83. The number of thioether (sulfide) groups is 1. The molecule has 29 heavy (non-hydrogen) atoms. The van der Waals surface area contributed by atoms with E-state index in [1.807, 2.05) is 30.3 Å². The normalized spacial score (nSPS) is 24.0. The van der Waals surface area contributed by atoms with Gasteiger partial charge in [0, 0.05) is 17.4 Å². The smallest absolute Gasteiger partial charge is 0.248 e. The molecule has 0 spiro atoms. The van der Waals surface area contributed by atoms with Crippen LogP contribution in [0.3, 0.4) is 0 Å². The predicted molar refractivity (Wildman–Crippen MR) is 115 cm³/mol. The first-order valence-electron chi connectivity index (χ1n) is 9.49. The zero-order valence-corrected chi connectivity index (χ0v) is 17.3. The Bertz CT molecular complexity index is 1020. The van der Waals surface area contributed by atoms with E-state index in [1.165, 1.54) is 29.5 Å². The minimum atomic E-state index is -3.13. The lowest BCUT2D eigenvalue weighted by atomic mass is 10.1. The fourth-order valence-electron chi connectivity index (χ4n) is 3.72. The largest absolute Gasteiger partial charge is 0.316 e. The average molecular weight is 433 g/mol. The van der Waals surface area contributed by atoms with Gasteiger partial charge in [0.2, 0.25) is 5.91 Å². The van der Waals surface area contributed by atoms with E-state index in [9.17, 15) is 17.6 Å². The standard InChI is InChI=1S/C21H21FN2O3S2/c22-16-9-11-17(12-10-16)24-18-13-29(26,27)14-19(18)28-21(24)23-20(25)8-4-7-15-5-2-1-3-6-15/h1-3,5-6,9-12,18-19H,4,7-8,13-14H2. The Morgan fingerprint density at radius 3 is 2.55 bits per heavy atom. The molecule has 0 N–H and O–H groups in total. The van der Waals surface area contributed by atoms with Crippen LogP contribution in [0.15, 0.2) is 59.6 Å². The molecule has 152 valence electrons. The highest BCUT2D eigenvalue weighted by Gasteiger charge is 2.49. The SMILES string of the molecule is O=C(CCCc1ccccc1)N=C1SC2CS(=O)(=O)CC2N1c1ccc(F)cc1. The Balaban J connectivity index is 1.50. The van der Waals surface area contributed by atoms with E-state index in [2.05, 4.69) is 4.99 Å². The topological polar surface area (TPSA) is 66.8 Å². The molecule has 8 heteroatoms. The third-order valence-corrected chi connectivity index (χ3v) is 8.30. The van der Waals surface area contributed by atoms with E-state index in [1.54, 1.807) is 17.0 Å². The summed E-state index contributed by atoms with van der Waals surface area (Å²) < 4.78 is 37.5. The van der Waals surface area contributed by atoms with Gasteiger partial charge in [0.05, 0.1) is 17.5 Å². The van der Waals surface area contributed by atoms with Crippen LogP contribution in [0.2, 0.25) is 0 Å². The molecule has 2 atom stereocenters. The molecule has 0 bridgehead atoms. The Morgan fingerprint density at radius 2 is 1.83 bits per heavy atom. The van der Waals surface area contributed by atoms with Crippen LogP contribution < -0.4 is 4.90 Å². The van der Waals surface area contributed by atoms with Crippen molar-refractivity contribution in [1.29, 1.82) is 0 Å². The molecule has 1 amide bonds. The molecule has 2 unspecified atom stereocenters. The first-order chi connectivity index (χ1) is 13.9. The maximum atomic E-state index is 13.3. The molecule has 0 radical (unpaired) electrons. The molecule has 2 aliphatic heterocycles.